The van der Waals surface area contributed by atoms with Gasteiger partial charge in [0, 0.05) is 19.5 Å². The maximum absolute atomic E-state index is 12.3. The van der Waals surface area contributed by atoms with Crippen LogP contribution < -0.4 is 4.74 Å². The molecule has 1 heterocycles. The van der Waals surface area contributed by atoms with Gasteiger partial charge in [0.1, 0.15) is 12.4 Å². The molecule has 0 saturated carbocycles. The van der Waals surface area contributed by atoms with E-state index in [1.807, 2.05) is 72.8 Å². The first kappa shape index (κ1) is 22.6. The summed E-state index contributed by atoms with van der Waals surface area (Å²) in [4.78, 5) is 19.7. The van der Waals surface area contributed by atoms with Gasteiger partial charge >= 0.3 is 0 Å². The molecule has 1 aliphatic heterocycles. The van der Waals surface area contributed by atoms with Crippen LogP contribution in [0.15, 0.2) is 90.1 Å². The number of ether oxygens (including phenoxy) is 2. The van der Waals surface area contributed by atoms with Crippen molar-refractivity contribution in [2.24, 2.45) is 5.16 Å². The zero-order valence-electron chi connectivity index (χ0n) is 18.6. The zero-order valence-corrected chi connectivity index (χ0v) is 18.6. The Kier molecular flexibility index (Phi) is 8.08. The number of amides is 1. The second-order valence-corrected chi connectivity index (χ2v) is 7.77. The molecule has 6 heteroatoms. The van der Waals surface area contributed by atoms with Crippen LogP contribution >= 0.6 is 0 Å². The maximum atomic E-state index is 12.3. The van der Waals surface area contributed by atoms with Gasteiger partial charge in [-0.1, -0.05) is 65.8 Å². The van der Waals surface area contributed by atoms with Gasteiger partial charge in [-0.25, -0.2) is 0 Å². The predicted molar refractivity (Wildman–Crippen MR) is 127 cm³/mol. The number of oxime groups is 1. The van der Waals surface area contributed by atoms with Gasteiger partial charge in [-0.2, -0.15) is 0 Å². The summed E-state index contributed by atoms with van der Waals surface area (Å²) in [7, 11) is 0. The zero-order chi connectivity index (χ0) is 22.7. The Balaban J connectivity index is 1.40. The molecular formula is C27H28N2O4. The first-order valence-electron chi connectivity index (χ1n) is 11.1. The van der Waals surface area contributed by atoms with E-state index in [-0.39, 0.29) is 12.5 Å². The van der Waals surface area contributed by atoms with Crippen molar-refractivity contribution >= 4 is 11.6 Å². The van der Waals surface area contributed by atoms with Crippen molar-refractivity contribution < 1.29 is 19.1 Å². The first-order valence-corrected chi connectivity index (χ1v) is 11.1. The summed E-state index contributed by atoms with van der Waals surface area (Å²) in [5, 5.41) is 4.45. The molecular weight excluding hydrogens is 416 g/mol. The standard InChI is InChI=1S/C27H28N2O4/c30-27(29-15-17-31-18-16-29)21-32-25-13-11-24(12-14-25)26(19-22-7-3-1-4-8-22)28-33-20-23-9-5-2-6-10-23/h1-14H,15-21H2/b28-26-. The largest absolute Gasteiger partial charge is 0.484 e. The minimum Gasteiger partial charge on any atom is -0.484 e. The van der Waals surface area contributed by atoms with E-state index in [1.165, 1.54) is 0 Å². The van der Waals surface area contributed by atoms with Gasteiger partial charge in [-0.15, -0.1) is 0 Å². The van der Waals surface area contributed by atoms with E-state index < -0.39 is 0 Å². The fraction of sp³-hybridized carbons (Fsp3) is 0.259. The third-order valence-corrected chi connectivity index (χ3v) is 5.38. The second-order valence-electron chi connectivity index (χ2n) is 7.77. The quantitative estimate of drug-likeness (QED) is 0.369. The lowest BCUT2D eigenvalue weighted by molar-refractivity contribution is -0.137. The molecule has 1 aliphatic rings. The summed E-state index contributed by atoms with van der Waals surface area (Å²) in [5.74, 6) is 0.618. The van der Waals surface area contributed by atoms with Crippen molar-refractivity contribution in [3.8, 4) is 5.75 Å². The molecule has 0 unspecified atom stereocenters. The third kappa shape index (κ3) is 6.92. The minimum atomic E-state index is -0.0250. The van der Waals surface area contributed by atoms with E-state index in [9.17, 15) is 4.79 Å². The molecule has 1 fully saturated rings. The lowest BCUT2D eigenvalue weighted by Gasteiger charge is -2.26. The fourth-order valence-electron chi connectivity index (χ4n) is 3.53. The van der Waals surface area contributed by atoms with Crippen molar-refractivity contribution in [3.63, 3.8) is 0 Å². The Morgan fingerprint density at radius 1 is 0.848 bits per heavy atom. The van der Waals surface area contributed by atoms with Gasteiger partial charge in [-0.05, 0) is 41.0 Å². The molecule has 33 heavy (non-hydrogen) atoms. The molecule has 0 bridgehead atoms. The number of hydrogen-bond donors (Lipinski definition) is 0. The predicted octanol–water partition coefficient (Wildman–Crippen LogP) is 4.09. The molecule has 3 aromatic carbocycles. The SMILES string of the molecule is O=C(COc1ccc(/C(Cc2ccccc2)=N\OCc2ccccc2)cc1)N1CCOCC1. The normalized spacial score (nSPS) is 14.1. The van der Waals surface area contributed by atoms with Gasteiger partial charge in [-0.3, -0.25) is 4.79 Å². The molecule has 0 spiro atoms. The number of morpholine rings is 1. The van der Waals surface area contributed by atoms with Crippen LogP contribution in [0, 0.1) is 0 Å². The van der Waals surface area contributed by atoms with Gasteiger partial charge in [0.15, 0.2) is 6.61 Å². The van der Waals surface area contributed by atoms with E-state index in [2.05, 4.69) is 17.3 Å². The Hall–Kier alpha value is -3.64. The van der Waals surface area contributed by atoms with Gasteiger partial charge < -0.3 is 19.2 Å². The summed E-state index contributed by atoms with van der Waals surface area (Å²) in [5.41, 5.74) is 3.98. The monoisotopic (exact) mass is 444 g/mol. The van der Waals surface area contributed by atoms with E-state index in [4.69, 9.17) is 14.3 Å². The highest BCUT2D eigenvalue weighted by molar-refractivity contribution is 6.01. The van der Waals surface area contributed by atoms with Crippen molar-refractivity contribution in [1.29, 1.82) is 0 Å². The number of rotatable bonds is 9. The number of carbonyl (C=O) groups is 1. The molecule has 0 aliphatic carbocycles. The van der Waals surface area contributed by atoms with Crippen molar-refractivity contribution in [2.45, 2.75) is 13.0 Å². The van der Waals surface area contributed by atoms with Crippen LogP contribution in [0.4, 0.5) is 0 Å². The summed E-state index contributed by atoms with van der Waals surface area (Å²) in [6.45, 7) is 2.81. The lowest BCUT2D eigenvalue weighted by Crippen LogP contribution is -2.42. The Bertz CT molecular complexity index is 1030. The molecule has 6 nitrogen and oxygen atoms in total. The molecule has 3 aromatic rings. The average Bonchev–Trinajstić information content (AvgIpc) is 2.89. The van der Waals surface area contributed by atoms with E-state index in [0.717, 1.165) is 22.4 Å². The topological polar surface area (TPSA) is 60.4 Å². The minimum absolute atomic E-state index is 0.0183. The summed E-state index contributed by atoms with van der Waals surface area (Å²) >= 11 is 0. The number of nitrogens with zero attached hydrogens (tertiary/aromatic N) is 2. The molecule has 0 N–H and O–H groups in total. The summed E-state index contributed by atoms with van der Waals surface area (Å²) < 4.78 is 11.0. The van der Waals surface area contributed by atoms with Crippen LogP contribution in [-0.2, 0) is 27.4 Å². The van der Waals surface area contributed by atoms with E-state index >= 15 is 0 Å². The van der Waals surface area contributed by atoms with Crippen molar-refractivity contribution in [2.75, 3.05) is 32.9 Å². The number of benzene rings is 3. The second kappa shape index (κ2) is 11.8. The first-order chi connectivity index (χ1) is 16.3. The third-order valence-electron chi connectivity index (χ3n) is 5.38. The molecule has 1 amide bonds. The van der Waals surface area contributed by atoms with Crippen LogP contribution in [0.2, 0.25) is 0 Å². The maximum Gasteiger partial charge on any atom is 0.260 e. The highest BCUT2D eigenvalue weighted by Gasteiger charge is 2.17. The Morgan fingerprint density at radius 2 is 1.48 bits per heavy atom. The molecule has 4 rings (SSSR count). The van der Waals surface area contributed by atoms with Crippen LogP contribution in [0.3, 0.4) is 0 Å². The van der Waals surface area contributed by atoms with Crippen LogP contribution in [-0.4, -0.2) is 49.4 Å². The molecule has 1 saturated heterocycles. The Labute approximate surface area is 194 Å². The lowest BCUT2D eigenvalue weighted by atomic mass is 10.0. The fourth-order valence-corrected chi connectivity index (χ4v) is 3.53. The van der Waals surface area contributed by atoms with Gasteiger partial charge in [0.05, 0.1) is 18.9 Å². The molecule has 0 atom stereocenters. The van der Waals surface area contributed by atoms with Crippen molar-refractivity contribution in [1.82, 2.24) is 4.90 Å². The summed E-state index contributed by atoms with van der Waals surface area (Å²) in [6.07, 6.45) is 0.644. The average molecular weight is 445 g/mol. The van der Waals surface area contributed by atoms with Gasteiger partial charge in [0.25, 0.3) is 5.91 Å². The molecule has 170 valence electrons. The Morgan fingerprint density at radius 3 is 2.15 bits per heavy atom. The van der Waals surface area contributed by atoms with Gasteiger partial charge in [0.2, 0.25) is 0 Å². The van der Waals surface area contributed by atoms with Crippen LogP contribution in [0.5, 0.6) is 5.75 Å². The summed E-state index contributed by atoms with van der Waals surface area (Å²) in [6, 6.07) is 27.7. The number of carbonyl (C=O) groups excluding carboxylic acids is 1. The van der Waals surface area contributed by atoms with E-state index in [0.29, 0.717) is 45.1 Å². The molecule has 0 aromatic heterocycles. The van der Waals surface area contributed by atoms with Crippen LogP contribution in [0.1, 0.15) is 16.7 Å². The highest BCUT2D eigenvalue weighted by atomic mass is 16.6. The smallest absolute Gasteiger partial charge is 0.260 e. The molecule has 0 radical (unpaired) electrons. The highest BCUT2D eigenvalue weighted by Crippen LogP contribution is 2.16. The number of hydrogen-bond acceptors (Lipinski definition) is 5. The van der Waals surface area contributed by atoms with Crippen LogP contribution in [0.25, 0.3) is 0 Å². The van der Waals surface area contributed by atoms with E-state index in [1.54, 1.807) is 4.90 Å². The van der Waals surface area contributed by atoms with Crippen molar-refractivity contribution in [3.05, 3.63) is 102 Å².